The van der Waals surface area contributed by atoms with Crippen molar-refractivity contribution in [3.63, 3.8) is 0 Å². The molecule has 0 aromatic rings. The van der Waals surface area contributed by atoms with Crippen LogP contribution in [0.1, 0.15) is 12.8 Å². The van der Waals surface area contributed by atoms with Crippen LogP contribution in [-0.2, 0) is 14.3 Å². The molecule has 1 atom stereocenters. The van der Waals surface area contributed by atoms with Gasteiger partial charge >= 0.3 is 5.97 Å². The Morgan fingerprint density at radius 2 is 2.50 bits per heavy atom. The van der Waals surface area contributed by atoms with Gasteiger partial charge in [-0.25, -0.2) is 4.79 Å². The fourth-order valence-corrected chi connectivity index (χ4v) is 1.25. The van der Waals surface area contributed by atoms with Crippen LogP contribution in [0.25, 0.3) is 0 Å². The van der Waals surface area contributed by atoms with E-state index in [9.17, 15) is 9.59 Å². The van der Waals surface area contributed by atoms with Gasteiger partial charge < -0.3 is 15.2 Å². The number of hydrogen-bond donors (Lipinski definition) is 2. The molecule has 1 saturated heterocycles. The number of carbonyl (C=O) groups is 2. The molecule has 1 fully saturated rings. The van der Waals surface area contributed by atoms with Crippen LogP contribution in [0.15, 0.2) is 0 Å². The molecular weight excluding hydrogens is 162 g/mol. The highest BCUT2D eigenvalue weighted by Crippen LogP contribution is 2.20. The van der Waals surface area contributed by atoms with Crippen molar-refractivity contribution in [2.45, 2.75) is 18.4 Å². The first-order valence-electron chi connectivity index (χ1n) is 3.65. The van der Waals surface area contributed by atoms with E-state index >= 15 is 0 Å². The highest BCUT2D eigenvalue weighted by Gasteiger charge is 2.45. The maximum Gasteiger partial charge on any atom is 0.334 e. The van der Waals surface area contributed by atoms with Crippen molar-refractivity contribution in [2.75, 3.05) is 13.7 Å². The van der Waals surface area contributed by atoms with Crippen LogP contribution in [-0.4, -0.2) is 36.2 Å². The van der Waals surface area contributed by atoms with Crippen molar-refractivity contribution < 1.29 is 19.4 Å². The summed E-state index contributed by atoms with van der Waals surface area (Å²) in [6.45, 7) is -0.411. The SMILES string of the molecule is COC(=O)C1(CO)CCC(=O)N1. The van der Waals surface area contributed by atoms with Gasteiger partial charge in [-0.1, -0.05) is 0 Å². The molecule has 0 aromatic heterocycles. The number of ether oxygens (including phenoxy) is 1. The van der Waals surface area contributed by atoms with E-state index in [4.69, 9.17) is 5.11 Å². The van der Waals surface area contributed by atoms with Gasteiger partial charge in [0.15, 0.2) is 5.54 Å². The summed E-state index contributed by atoms with van der Waals surface area (Å²) in [5.41, 5.74) is -1.19. The minimum atomic E-state index is -1.19. The normalized spacial score (nSPS) is 28.3. The smallest absolute Gasteiger partial charge is 0.334 e. The third kappa shape index (κ3) is 1.27. The van der Waals surface area contributed by atoms with Gasteiger partial charge in [0, 0.05) is 6.42 Å². The molecule has 1 heterocycles. The van der Waals surface area contributed by atoms with Gasteiger partial charge in [-0.05, 0) is 6.42 Å². The summed E-state index contributed by atoms with van der Waals surface area (Å²) in [7, 11) is 1.23. The van der Waals surface area contributed by atoms with Gasteiger partial charge in [-0.15, -0.1) is 0 Å². The van der Waals surface area contributed by atoms with Gasteiger partial charge in [0.05, 0.1) is 13.7 Å². The summed E-state index contributed by atoms with van der Waals surface area (Å²) in [5.74, 6) is -0.815. The number of aliphatic hydroxyl groups is 1. The van der Waals surface area contributed by atoms with E-state index in [1.165, 1.54) is 7.11 Å². The summed E-state index contributed by atoms with van der Waals surface area (Å²) in [4.78, 5) is 21.9. The zero-order valence-electron chi connectivity index (χ0n) is 6.79. The molecule has 1 aliphatic heterocycles. The van der Waals surface area contributed by atoms with E-state index in [1.807, 2.05) is 0 Å². The lowest BCUT2D eigenvalue weighted by molar-refractivity contribution is -0.150. The van der Waals surface area contributed by atoms with E-state index in [1.54, 1.807) is 0 Å². The predicted molar refractivity (Wildman–Crippen MR) is 39.2 cm³/mol. The first-order chi connectivity index (χ1) is 5.64. The summed E-state index contributed by atoms with van der Waals surface area (Å²) in [6.07, 6.45) is 0.560. The quantitative estimate of drug-likeness (QED) is 0.514. The fraction of sp³-hybridized carbons (Fsp3) is 0.714. The predicted octanol–water partition coefficient (Wildman–Crippen LogP) is -1.20. The molecule has 0 aromatic carbocycles. The zero-order valence-corrected chi connectivity index (χ0v) is 6.79. The second-order valence-electron chi connectivity index (χ2n) is 2.78. The lowest BCUT2D eigenvalue weighted by Gasteiger charge is -2.22. The molecule has 5 heteroatoms. The highest BCUT2D eigenvalue weighted by atomic mass is 16.5. The number of esters is 1. The lowest BCUT2D eigenvalue weighted by Crippen LogP contribution is -2.52. The summed E-state index contributed by atoms with van der Waals surface area (Å²) >= 11 is 0. The Morgan fingerprint density at radius 3 is 2.83 bits per heavy atom. The van der Waals surface area contributed by atoms with E-state index in [2.05, 4.69) is 10.1 Å². The molecule has 1 aliphatic rings. The number of nitrogens with one attached hydrogen (secondary N) is 1. The molecule has 5 nitrogen and oxygen atoms in total. The molecule has 0 aliphatic carbocycles. The monoisotopic (exact) mass is 173 g/mol. The van der Waals surface area contributed by atoms with Gasteiger partial charge in [-0.2, -0.15) is 0 Å². The third-order valence-corrected chi connectivity index (χ3v) is 2.00. The van der Waals surface area contributed by atoms with Crippen molar-refractivity contribution in [1.29, 1.82) is 0 Å². The van der Waals surface area contributed by atoms with Gasteiger partial charge in [0.2, 0.25) is 5.91 Å². The third-order valence-electron chi connectivity index (χ3n) is 2.00. The van der Waals surface area contributed by atoms with Gasteiger partial charge in [-0.3, -0.25) is 4.79 Å². The Morgan fingerprint density at radius 1 is 1.83 bits per heavy atom. The van der Waals surface area contributed by atoms with Crippen molar-refractivity contribution in [1.82, 2.24) is 5.32 Å². The second kappa shape index (κ2) is 3.10. The van der Waals surface area contributed by atoms with E-state index in [0.717, 1.165) is 0 Å². The van der Waals surface area contributed by atoms with Crippen LogP contribution < -0.4 is 5.32 Å². The van der Waals surface area contributed by atoms with Gasteiger partial charge in [0.25, 0.3) is 0 Å². The molecule has 12 heavy (non-hydrogen) atoms. The summed E-state index contributed by atoms with van der Waals surface area (Å²) < 4.78 is 4.46. The lowest BCUT2D eigenvalue weighted by atomic mass is 9.99. The molecule has 0 bridgehead atoms. The first kappa shape index (κ1) is 8.99. The minimum Gasteiger partial charge on any atom is -0.467 e. The van der Waals surface area contributed by atoms with Crippen molar-refractivity contribution >= 4 is 11.9 Å². The van der Waals surface area contributed by atoms with Crippen LogP contribution in [0.2, 0.25) is 0 Å². The van der Waals surface area contributed by atoms with E-state index in [-0.39, 0.29) is 12.3 Å². The number of rotatable bonds is 2. The Balaban J connectivity index is 2.77. The van der Waals surface area contributed by atoms with Crippen LogP contribution in [0, 0.1) is 0 Å². The minimum absolute atomic E-state index is 0.227. The molecule has 68 valence electrons. The van der Waals surface area contributed by atoms with Crippen LogP contribution in [0.4, 0.5) is 0 Å². The molecule has 1 rings (SSSR count). The van der Waals surface area contributed by atoms with Crippen LogP contribution in [0.5, 0.6) is 0 Å². The Labute approximate surface area is 69.7 Å². The first-order valence-corrected chi connectivity index (χ1v) is 3.65. The second-order valence-corrected chi connectivity index (χ2v) is 2.78. The number of methoxy groups -OCH3 is 1. The number of aliphatic hydroxyl groups excluding tert-OH is 1. The Hall–Kier alpha value is -1.10. The van der Waals surface area contributed by atoms with Crippen LogP contribution in [0.3, 0.4) is 0 Å². The summed E-state index contributed by atoms with van der Waals surface area (Å²) in [5, 5.41) is 11.3. The Bertz CT molecular complexity index is 215. The standard InChI is InChI=1S/C7H11NO4/c1-12-6(11)7(4-9)3-2-5(10)8-7/h9H,2-4H2,1H3,(H,8,10). The van der Waals surface area contributed by atoms with Crippen LogP contribution >= 0.6 is 0 Å². The van der Waals surface area contributed by atoms with E-state index < -0.39 is 18.1 Å². The van der Waals surface area contributed by atoms with E-state index in [0.29, 0.717) is 6.42 Å². The molecule has 0 radical (unpaired) electrons. The maximum absolute atomic E-state index is 11.1. The van der Waals surface area contributed by atoms with Crippen molar-refractivity contribution in [2.24, 2.45) is 0 Å². The number of amides is 1. The Kier molecular flexibility index (Phi) is 2.32. The average molecular weight is 173 g/mol. The number of hydrogen-bond acceptors (Lipinski definition) is 4. The summed E-state index contributed by atoms with van der Waals surface area (Å²) in [6, 6.07) is 0. The van der Waals surface area contributed by atoms with Crippen molar-refractivity contribution in [3.8, 4) is 0 Å². The average Bonchev–Trinajstić information content (AvgIpc) is 2.47. The zero-order chi connectivity index (χ0) is 9.19. The number of carbonyl (C=O) groups excluding carboxylic acids is 2. The van der Waals surface area contributed by atoms with Gasteiger partial charge in [0.1, 0.15) is 0 Å². The molecule has 0 spiro atoms. The molecule has 2 N–H and O–H groups in total. The molecular formula is C7H11NO4. The molecule has 1 unspecified atom stereocenters. The van der Waals surface area contributed by atoms with Crippen molar-refractivity contribution in [3.05, 3.63) is 0 Å². The largest absolute Gasteiger partial charge is 0.467 e. The highest BCUT2D eigenvalue weighted by molar-refractivity contribution is 5.91. The molecule has 1 amide bonds. The fourth-order valence-electron chi connectivity index (χ4n) is 1.25. The molecule has 0 saturated carbocycles. The maximum atomic E-state index is 11.1. The topological polar surface area (TPSA) is 75.6 Å².